The van der Waals surface area contributed by atoms with E-state index in [1.54, 1.807) is 0 Å². The lowest BCUT2D eigenvalue weighted by Gasteiger charge is -2.27. The molecule has 2 N–H and O–H groups in total. The minimum absolute atomic E-state index is 0.338. The number of hydrogen-bond donors (Lipinski definition) is 1. The largest absolute Gasteiger partial charge is 0.329 e. The van der Waals surface area contributed by atoms with E-state index >= 15 is 0 Å². The van der Waals surface area contributed by atoms with Crippen LogP contribution in [0.4, 0.5) is 0 Å². The van der Waals surface area contributed by atoms with Crippen molar-refractivity contribution in [2.24, 2.45) is 11.7 Å². The Morgan fingerprint density at radius 2 is 1.89 bits per heavy atom. The van der Waals surface area contributed by atoms with Crippen LogP contribution < -0.4 is 5.73 Å². The highest BCUT2D eigenvalue weighted by Crippen LogP contribution is 2.32. The molecule has 0 saturated heterocycles. The van der Waals surface area contributed by atoms with Crippen LogP contribution in [0.15, 0.2) is 42.5 Å². The lowest BCUT2D eigenvalue weighted by Crippen LogP contribution is -2.32. The van der Waals surface area contributed by atoms with Gasteiger partial charge in [0.2, 0.25) is 0 Å². The van der Waals surface area contributed by atoms with Crippen molar-refractivity contribution in [1.82, 2.24) is 4.90 Å². The number of rotatable bonds is 5. The van der Waals surface area contributed by atoms with E-state index in [4.69, 9.17) is 5.73 Å². The van der Waals surface area contributed by atoms with Crippen molar-refractivity contribution >= 4 is 10.8 Å². The van der Waals surface area contributed by atoms with Gasteiger partial charge in [0.1, 0.15) is 0 Å². The zero-order chi connectivity index (χ0) is 13.2. The van der Waals surface area contributed by atoms with E-state index in [1.165, 1.54) is 35.7 Å². The number of likely N-dealkylation sites (N-methyl/N-ethyl adjacent to an activating group) is 1. The van der Waals surface area contributed by atoms with E-state index in [0.29, 0.717) is 12.6 Å². The fourth-order valence-corrected chi connectivity index (χ4v) is 2.82. The highest BCUT2D eigenvalue weighted by atomic mass is 15.1. The molecule has 100 valence electrons. The first kappa shape index (κ1) is 12.6. The molecular formula is C17H22N2. The predicted octanol–water partition coefficient (Wildman–Crippen LogP) is 3.18. The predicted molar refractivity (Wildman–Crippen MR) is 81.1 cm³/mol. The van der Waals surface area contributed by atoms with Crippen LogP contribution >= 0.6 is 0 Å². The van der Waals surface area contributed by atoms with E-state index < -0.39 is 0 Å². The molecular weight excluding hydrogens is 232 g/mol. The molecule has 19 heavy (non-hydrogen) atoms. The van der Waals surface area contributed by atoms with E-state index in [-0.39, 0.29) is 0 Å². The molecule has 2 aromatic carbocycles. The molecule has 1 aliphatic rings. The maximum atomic E-state index is 6.00. The molecule has 0 amide bonds. The Bertz CT molecular complexity index is 560. The van der Waals surface area contributed by atoms with Crippen molar-refractivity contribution in [3.8, 4) is 0 Å². The van der Waals surface area contributed by atoms with Gasteiger partial charge >= 0.3 is 0 Å². The van der Waals surface area contributed by atoms with Crippen molar-refractivity contribution in [3.05, 3.63) is 48.0 Å². The Kier molecular flexibility index (Phi) is 3.54. The minimum Gasteiger partial charge on any atom is -0.329 e. The van der Waals surface area contributed by atoms with E-state index in [9.17, 15) is 0 Å². The van der Waals surface area contributed by atoms with E-state index in [1.807, 2.05) is 0 Å². The first-order valence-corrected chi connectivity index (χ1v) is 7.17. The van der Waals surface area contributed by atoms with Crippen LogP contribution in [0.5, 0.6) is 0 Å². The van der Waals surface area contributed by atoms with Gasteiger partial charge in [-0.25, -0.2) is 0 Å². The Labute approximate surface area is 115 Å². The summed E-state index contributed by atoms with van der Waals surface area (Å²) in [7, 11) is 2.20. The third-order valence-corrected chi connectivity index (χ3v) is 4.16. The Morgan fingerprint density at radius 3 is 2.58 bits per heavy atom. The Hall–Kier alpha value is -1.38. The van der Waals surface area contributed by atoms with E-state index in [2.05, 4.69) is 54.4 Å². The summed E-state index contributed by atoms with van der Waals surface area (Å²) in [5.74, 6) is 0.902. The second-order valence-electron chi connectivity index (χ2n) is 5.74. The summed E-state index contributed by atoms with van der Waals surface area (Å²) in [5.41, 5.74) is 7.34. The molecule has 3 rings (SSSR count). The van der Waals surface area contributed by atoms with Gasteiger partial charge in [-0.3, -0.25) is 4.90 Å². The van der Waals surface area contributed by atoms with Crippen molar-refractivity contribution in [1.29, 1.82) is 0 Å². The number of benzene rings is 2. The first-order chi connectivity index (χ1) is 9.28. The maximum Gasteiger partial charge on any atom is 0.0467 e. The lowest BCUT2D eigenvalue weighted by atomic mass is 10.0. The fraction of sp³-hybridized carbons (Fsp3) is 0.412. The highest BCUT2D eigenvalue weighted by molar-refractivity contribution is 5.83. The van der Waals surface area contributed by atoms with E-state index in [0.717, 1.165) is 5.92 Å². The van der Waals surface area contributed by atoms with Gasteiger partial charge in [-0.2, -0.15) is 0 Å². The second-order valence-corrected chi connectivity index (χ2v) is 5.74. The topological polar surface area (TPSA) is 29.3 Å². The zero-order valence-electron chi connectivity index (χ0n) is 11.5. The minimum atomic E-state index is 0.338. The molecule has 0 heterocycles. The van der Waals surface area contributed by atoms with Crippen molar-refractivity contribution in [2.75, 3.05) is 20.1 Å². The second kappa shape index (κ2) is 5.32. The highest BCUT2D eigenvalue weighted by Gasteiger charge is 2.26. The molecule has 1 unspecified atom stereocenters. The summed E-state index contributed by atoms with van der Waals surface area (Å²) in [4.78, 5) is 2.42. The average Bonchev–Trinajstić information content (AvgIpc) is 3.23. The third kappa shape index (κ3) is 2.80. The van der Waals surface area contributed by atoms with Gasteiger partial charge in [0.15, 0.2) is 0 Å². The van der Waals surface area contributed by atoms with Gasteiger partial charge in [0, 0.05) is 19.1 Å². The van der Waals surface area contributed by atoms with Crippen LogP contribution in [0.2, 0.25) is 0 Å². The summed E-state index contributed by atoms with van der Waals surface area (Å²) in [6, 6.07) is 15.6. The molecule has 0 aliphatic heterocycles. The van der Waals surface area contributed by atoms with Gasteiger partial charge < -0.3 is 5.73 Å². The summed E-state index contributed by atoms with van der Waals surface area (Å²) in [5, 5.41) is 2.60. The molecule has 0 aromatic heterocycles. The van der Waals surface area contributed by atoms with Crippen LogP contribution in [0.25, 0.3) is 10.8 Å². The van der Waals surface area contributed by atoms with Crippen LogP contribution in [-0.2, 0) is 0 Å². The SMILES string of the molecule is CN(CC1CC1)C(CN)c1ccc2ccccc2c1. The van der Waals surface area contributed by atoms with Gasteiger partial charge in [0.25, 0.3) is 0 Å². The molecule has 2 heteroatoms. The quantitative estimate of drug-likeness (QED) is 0.888. The number of fused-ring (bicyclic) bond motifs is 1. The molecule has 1 fully saturated rings. The maximum absolute atomic E-state index is 6.00. The zero-order valence-corrected chi connectivity index (χ0v) is 11.5. The summed E-state index contributed by atoms with van der Waals surface area (Å²) < 4.78 is 0. The third-order valence-electron chi connectivity index (χ3n) is 4.16. The number of nitrogens with zero attached hydrogens (tertiary/aromatic N) is 1. The molecule has 1 aliphatic carbocycles. The summed E-state index contributed by atoms with van der Waals surface area (Å²) >= 11 is 0. The van der Waals surface area contributed by atoms with Crippen molar-refractivity contribution < 1.29 is 0 Å². The lowest BCUT2D eigenvalue weighted by molar-refractivity contribution is 0.240. The van der Waals surface area contributed by atoms with Crippen LogP contribution in [0.3, 0.4) is 0 Å². The normalized spacial score (nSPS) is 17.0. The molecule has 0 radical (unpaired) electrons. The fourth-order valence-electron chi connectivity index (χ4n) is 2.82. The Balaban J connectivity index is 1.86. The number of nitrogens with two attached hydrogens (primary N) is 1. The van der Waals surface area contributed by atoms with Crippen molar-refractivity contribution in [3.63, 3.8) is 0 Å². The molecule has 0 spiro atoms. The Morgan fingerprint density at radius 1 is 1.16 bits per heavy atom. The monoisotopic (exact) mass is 254 g/mol. The van der Waals surface area contributed by atoms with Crippen LogP contribution in [0.1, 0.15) is 24.4 Å². The molecule has 0 bridgehead atoms. The molecule has 1 atom stereocenters. The van der Waals surface area contributed by atoms with Crippen molar-refractivity contribution in [2.45, 2.75) is 18.9 Å². The van der Waals surface area contributed by atoms with Gasteiger partial charge in [-0.15, -0.1) is 0 Å². The first-order valence-electron chi connectivity index (χ1n) is 7.17. The molecule has 2 nitrogen and oxygen atoms in total. The number of hydrogen-bond acceptors (Lipinski definition) is 2. The average molecular weight is 254 g/mol. The van der Waals surface area contributed by atoms with Gasteiger partial charge in [0.05, 0.1) is 0 Å². The summed E-state index contributed by atoms with van der Waals surface area (Å²) in [6.45, 7) is 1.86. The van der Waals surface area contributed by atoms with Gasteiger partial charge in [-0.1, -0.05) is 36.4 Å². The summed E-state index contributed by atoms with van der Waals surface area (Å²) in [6.07, 6.45) is 2.78. The van der Waals surface area contributed by atoms with Crippen LogP contribution in [-0.4, -0.2) is 25.0 Å². The molecule has 2 aromatic rings. The smallest absolute Gasteiger partial charge is 0.0467 e. The van der Waals surface area contributed by atoms with Crippen LogP contribution in [0, 0.1) is 5.92 Å². The standard InChI is InChI=1S/C17H22N2/c1-19(12-13-6-7-13)17(11-18)16-9-8-14-4-2-3-5-15(14)10-16/h2-5,8-10,13,17H,6-7,11-12,18H2,1H3. The molecule has 1 saturated carbocycles. The van der Waals surface area contributed by atoms with Gasteiger partial charge in [-0.05, 0) is 48.2 Å².